The van der Waals surface area contributed by atoms with E-state index in [0.717, 1.165) is 4.90 Å². The second kappa shape index (κ2) is 7.23. The third-order valence-electron chi connectivity index (χ3n) is 2.97. The zero-order chi connectivity index (χ0) is 14.5. The fraction of sp³-hybridized carbons (Fsp3) is 0.538. The van der Waals surface area contributed by atoms with Crippen LogP contribution in [-0.4, -0.2) is 61.8 Å². The fourth-order valence-electron chi connectivity index (χ4n) is 1.56. The van der Waals surface area contributed by atoms with Crippen molar-refractivity contribution in [3.05, 3.63) is 30.3 Å². The average Bonchev–Trinajstić information content (AvgIpc) is 2.43. The molecule has 0 radical (unpaired) electrons. The summed E-state index contributed by atoms with van der Waals surface area (Å²) in [7, 11) is 0. The van der Waals surface area contributed by atoms with Gasteiger partial charge >= 0.3 is 0 Å². The van der Waals surface area contributed by atoms with Crippen LogP contribution in [0.5, 0.6) is 0 Å². The van der Waals surface area contributed by atoms with Gasteiger partial charge in [-0.25, -0.2) is 0 Å². The summed E-state index contributed by atoms with van der Waals surface area (Å²) >= 11 is 1.33. The molecule has 6 heteroatoms. The highest BCUT2D eigenvalue weighted by Crippen LogP contribution is 2.23. The summed E-state index contributed by atoms with van der Waals surface area (Å²) in [6.45, 7) is 0.484. The normalized spacial score (nSPS) is 19.5. The van der Waals surface area contributed by atoms with Crippen LogP contribution >= 0.6 is 11.8 Å². The number of aliphatic hydroxyl groups is 5. The summed E-state index contributed by atoms with van der Waals surface area (Å²) < 4.78 is 0. The third kappa shape index (κ3) is 4.45. The lowest BCUT2D eigenvalue weighted by Crippen LogP contribution is -2.56. The summed E-state index contributed by atoms with van der Waals surface area (Å²) in [6.07, 6.45) is -4.29. The van der Waals surface area contributed by atoms with E-state index in [1.807, 2.05) is 30.3 Å². The molecular weight excluding hydrogens is 268 g/mol. The number of hydrogen-bond acceptors (Lipinski definition) is 6. The van der Waals surface area contributed by atoms with Gasteiger partial charge in [0.05, 0.1) is 12.7 Å². The molecular formula is C13H20O5S. The van der Waals surface area contributed by atoms with E-state index in [-0.39, 0.29) is 5.75 Å². The van der Waals surface area contributed by atoms with Crippen LogP contribution in [0.1, 0.15) is 6.92 Å². The van der Waals surface area contributed by atoms with Crippen molar-refractivity contribution in [2.75, 3.05) is 12.4 Å². The summed E-state index contributed by atoms with van der Waals surface area (Å²) in [5, 5.41) is 47.8. The summed E-state index contributed by atoms with van der Waals surface area (Å²) in [5.74, 6) is 0.166. The topological polar surface area (TPSA) is 101 Å². The molecule has 0 aromatic heterocycles. The van der Waals surface area contributed by atoms with Gasteiger partial charge in [-0.1, -0.05) is 18.2 Å². The monoisotopic (exact) mass is 288 g/mol. The molecule has 5 nitrogen and oxygen atoms in total. The Morgan fingerprint density at radius 1 is 1.16 bits per heavy atom. The van der Waals surface area contributed by atoms with Gasteiger partial charge in [-0.05, 0) is 19.1 Å². The average molecular weight is 288 g/mol. The first-order valence-electron chi connectivity index (χ1n) is 5.95. The first-order chi connectivity index (χ1) is 8.89. The van der Waals surface area contributed by atoms with E-state index in [2.05, 4.69) is 0 Å². The van der Waals surface area contributed by atoms with Crippen molar-refractivity contribution in [1.29, 1.82) is 0 Å². The number of rotatable bonds is 7. The van der Waals surface area contributed by atoms with Crippen LogP contribution in [-0.2, 0) is 0 Å². The van der Waals surface area contributed by atoms with Crippen molar-refractivity contribution in [1.82, 2.24) is 0 Å². The highest BCUT2D eigenvalue weighted by Gasteiger charge is 2.41. The van der Waals surface area contributed by atoms with E-state index in [9.17, 15) is 20.4 Å². The van der Waals surface area contributed by atoms with Crippen molar-refractivity contribution in [2.24, 2.45) is 0 Å². The van der Waals surface area contributed by atoms with Crippen molar-refractivity contribution >= 4 is 11.8 Å². The lowest BCUT2D eigenvalue weighted by atomic mass is 9.90. The van der Waals surface area contributed by atoms with Gasteiger partial charge < -0.3 is 25.5 Å². The van der Waals surface area contributed by atoms with Crippen LogP contribution in [0.4, 0.5) is 0 Å². The molecule has 0 unspecified atom stereocenters. The van der Waals surface area contributed by atoms with Gasteiger partial charge in [0.2, 0.25) is 0 Å². The Bertz CT molecular complexity index is 371. The Morgan fingerprint density at radius 3 is 2.26 bits per heavy atom. The molecule has 0 saturated heterocycles. The van der Waals surface area contributed by atoms with Crippen LogP contribution in [0.3, 0.4) is 0 Å². The minimum atomic E-state index is -1.97. The Morgan fingerprint density at radius 2 is 1.74 bits per heavy atom. The van der Waals surface area contributed by atoms with E-state index < -0.39 is 30.5 Å². The molecule has 108 valence electrons. The maximum absolute atomic E-state index is 9.89. The smallest absolute Gasteiger partial charge is 0.118 e. The molecule has 0 heterocycles. The Hall–Kier alpha value is -0.630. The summed E-state index contributed by atoms with van der Waals surface area (Å²) in [4.78, 5) is 0.927. The zero-order valence-electron chi connectivity index (χ0n) is 10.7. The predicted molar refractivity (Wildman–Crippen MR) is 72.9 cm³/mol. The van der Waals surface area contributed by atoms with Crippen LogP contribution in [0.25, 0.3) is 0 Å². The fourth-order valence-corrected chi connectivity index (χ4v) is 2.46. The molecule has 19 heavy (non-hydrogen) atoms. The molecule has 0 aliphatic rings. The summed E-state index contributed by atoms with van der Waals surface area (Å²) in [6, 6.07) is 9.32. The minimum Gasteiger partial charge on any atom is -0.394 e. The van der Waals surface area contributed by atoms with Crippen molar-refractivity contribution in [3.63, 3.8) is 0 Å². The first-order valence-corrected chi connectivity index (χ1v) is 6.93. The van der Waals surface area contributed by atoms with Gasteiger partial charge in [0, 0.05) is 10.6 Å². The maximum Gasteiger partial charge on any atom is 0.118 e. The van der Waals surface area contributed by atoms with Gasteiger partial charge in [0.1, 0.15) is 17.8 Å². The quantitative estimate of drug-likeness (QED) is 0.438. The largest absolute Gasteiger partial charge is 0.394 e. The van der Waals surface area contributed by atoms with Crippen molar-refractivity contribution in [3.8, 4) is 0 Å². The highest BCUT2D eigenvalue weighted by atomic mass is 32.2. The molecule has 0 amide bonds. The second-order valence-electron chi connectivity index (χ2n) is 4.56. The van der Waals surface area contributed by atoms with Crippen LogP contribution in [0.2, 0.25) is 0 Å². The zero-order valence-corrected chi connectivity index (χ0v) is 11.5. The predicted octanol–water partition coefficient (Wildman–Crippen LogP) is -0.395. The molecule has 0 spiro atoms. The molecule has 0 fully saturated rings. The number of hydrogen-bond donors (Lipinski definition) is 5. The number of thioether (sulfide) groups is 1. The standard InChI is InChI=1S/C13H20O5S/c1-13(18,11(16)7-14)12(17)10(15)8-19-9-5-3-2-4-6-9/h2-6,10-12,14-18H,7-8H2,1H3/t10-,11-,12+,13+/m1/s1. The van der Waals surface area contributed by atoms with E-state index in [1.165, 1.54) is 18.7 Å². The number of benzene rings is 1. The second-order valence-corrected chi connectivity index (χ2v) is 5.65. The molecule has 0 aliphatic carbocycles. The molecule has 1 rings (SSSR count). The van der Waals surface area contributed by atoms with E-state index in [4.69, 9.17) is 5.11 Å². The highest BCUT2D eigenvalue weighted by molar-refractivity contribution is 7.99. The molecule has 1 aromatic carbocycles. The van der Waals surface area contributed by atoms with Crippen molar-refractivity contribution < 1.29 is 25.5 Å². The van der Waals surface area contributed by atoms with Gasteiger partial charge in [-0.15, -0.1) is 11.8 Å². The van der Waals surface area contributed by atoms with Crippen LogP contribution in [0.15, 0.2) is 35.2 Å². The van der Waals surface area contributed by atoms with Crippen molar-refractivity contribution in [2.45, 2.75) is 35.7 Å². The molecule has 0 aliphatic heterocycles. The summed E-state index contributed by atoms with van der Waals surface area (Å²) in [5.41, 5.74) is -1.97. The van der Waals surface area contributed by atoms with E-state index in [1.54, 1.807) is 0 Å². The molecule has 1 aromatic rings. The lowest BCUT2D eigenvalue weighted by molar-refractivity contribution is -0.171. The van der Waals surface area contributed by atoms with Gasteiger partial charge in [-0.2, -0.15) is 0 Å². The SMILES string of the molecule is C[C@](O)([C@H](O)CO)[C@@H](O)[C@H](O)CSc1ccccc1. The van der Waals surface area contributed by atoms with Gasteiger partial charge in [0.25, 0.3) is 0 Å². The van der Waals surface area contributed by atoms with E-state index >= 15 is 0 Å². The van der Waals surface area contributed by atoms with Gasteiger partial charge in [-0.3, -0.25) is 0 Å². The van der Waals surface area contributed by atoms with Gasteiger partial charge in [0.15, 0.2) is 0 Å². The Labute approximate surface area is 116 Å². The lowest BCUT2D eigenvalue weighted by Gasteiger charge is -2.35. The Balaban J connectivity index is 2.55. The van der Waals surface area contributed by atoms with E-state index in [0.29, 0.717) is 0 Å². The molecule has 0 bridgehead atoms. The molecule has 4 atom stereocenters. The maximum atomic E-state index is 9.89. The minimum absolute atomic E-state index is 0.166. The molecule has 0 saturated carbocycles. The number of aliphatic hydroxyl groups excluding tert-OH is 4. The third-order valence-corrected chi connectivity index (χ3v) is 4.09. The van der Waals surface area contributed by atoms with Crippen LogP contribution in [0, 0.1) is 0 Å². The molecule has 5 N–H and O–H groups in total. The van der Waals surface area contributed by atoms with Crippen LogP contribution < -0.4 is 0 Å². The Kier molecular flexibility index (Phi) is 6.25. The first kappa shape index (κ1) is 16.4.